The maximum absolute atomic E-state index is 3.30. The Labute approximate surface area is 172 Å². The summed E-state index contributed by atoms with van der Waals surface area (Å²) in [5.74, 6) is 8.48. The van der Waals surface area contributed by atoms with Gasteiger partial charge in [0.25, 0.3) is 0 Å². The molecule has 2 aromatic carbocycles. The van der Waals surface area contributed by atoms with Crippen molar-refractivity contribution in [1.82, 2.24) is 0 Å². The third-order valence-electron chi connectivity index (χ3n) is 5.96. The fourth-order valence-corrected chi connectivity index (χ4v) is 3.95. The number of unbranched alkanes of at least 4 members (excludes halogenated alkanes) is 1. The van der Waals surface area contributed by atoms with E-state index in [4.69, 9.17) is 0 Å². The van der Waals surface area contributed by atoms with Crippen LogP contribution in [-0.2, 0) is 6.42 Å². The van der Waals surface area contributed by atoms with Crippen molar-refractivity contribution in [2.24, 2.45) is 11.8 Å². The minimum atomic E-state index is 0.940. The van der Waals surface area contributed by atoms with Gasteiger partial charge in [0.1, 0.15) is 0 Å². The topological polar surface area (TPSA) is 0 Å². The molecule has 1 fully saturated rings. The van der Waals surface area contributed by atoms with Crippen LogP contribution < -0.4 is 0 Å². The Hall–Kier alpha value is -2.26. The van der Waals surface area contributed by atoms with Crippen LogP contribution in [-0.4, -0.2) is 0 Å². The Kier molecular flexibility index (Phi) is 7.98. The largest absolute Gasteiger partial charge is 0.0840 e. The van der Waals surface area contributed by atoms with Gasteiger partial charge in [-0.1, -0.05) is 94.2 Å². The molecule has 0 atom stereocenters. The molecule has 0 saturated heterocycles. The van der Waals surface area contributed by atoms with Crippen molar-refractivity contribution < 1.29 is 0 Å². The SMILES string of the molecule is CCC/C=C/c1ccc(C#Cc2ccc(CCC3CCC(C)CC3)cc2)cc1. The molecule has 0 radical (unpaired) electrons. The summed E-state index contributed by atoms with van der Waals surface area (Å²) in [5, 5.41) is 0. The number of aryl methyl sites for hydroxylation is 1. The summed E-state index contributed by atoms with van der Waals surface area (Å²) in [5.41, 5.74) is 4.87. The first-order valence-electron chi connectivity index (χ1n) is 11.1. The third kappa shape index (κ3) is 6.72. The second-order valence-corrected chi connectivity index (χ2v) is 8.42. The highest BCUT2D eigenvalue weighted by Gasteiger charge is 2.17. The van der Waals surface area contributed by atoms with Crippen LogP contribution in [0.4, 0.5) is 0 Å². The highest BCUT2D eigenvalue weighted by Crippen LogP contribution is 2.31. The van der Waals surface area contributed by atoms with Crippen LogP contribution in [0.25, 0.3) is 6.08 Å². The minimum absolute atomic E-state index is 0.940. The lowest BCUT2D eigenvalue weighted by Crippen LogP contribution is -2.12. The molecule has 0 nitrogen and oxygen atoms in total. The molecule has 28 heavy (non-hydrogen) atoms. The molecule has 3 rings (SSSR count). The summed E-state index contributed by atoms with van der Waals surface area (Å²) >= 11 is 0. The Balaban J connectivity index is 1.50. The monoisotopic (exact) mass is 370 g/mol. The van der Waals surface area contributed by atoms with Crippen LogP contribution in [0.1, 0.15) is 81.0 Å². The van der Waals surface area contributed by atoms with Gasteiger partial charge in [0.05, 0.1) is 0 Å². The summed E-state index contributed by atoms with van der Waals surface area (Å²) in [7, 11) is 0. The zero-order valence-corrected chi connectivity index (χ0v) is 17.6. The lowest BCUT2D eigenvalue weighted by atomic mass is 9.80. The molecule has 0 aromatic heterocycles. The summed E-state index contributed by atoms with van der Waals surface area (Å²) in [4.78, 5) is 0. The quantitative estimate of drug-likeness (QED) is 0.458. The van der Waals surface area contributed by atoms with Gasteiger partial charge in [0, 0.05) is 11.1 Å². The Morgan fingerprint density at radius 2 is 1.46 bits per heavy atom. The molecule has 0 N–H and O–H groups in total. The fraction of sp³-hybridized carbons (Fsp3) is 0.429. The summed E-state index contributed by atoms with van der Waals surface area (Å²) < 4.78 is 0. The van der Waals surface area contributed by atoms with Crippen LogP contribution in [0.3, 0.4) is 0 Å². The van der Waals surface area contributed by atoms with E-state index in [-0.39, 0.29) is 0 Å². The first kappa shape index (κ1) is 20.5. The highest BCUT2D eigenvalue weighted by molar-refractivity contribution is 5.52. The van der Waals surface area contributed by atoms with E-state index >= 15 is 0 Å². The molecule has 1 aliphatic carbocycles. The van der Waals surface area contributed by atoms with Gasteiger partial charge >= 0.3 is 0 Å². The summed E-state index contributed by atoms with van der Waals surface area (Å²) in [6.45, 7) is 4.60. The molecule has 0 unspecified atom stereocenters. The average Bonchev–Trinajstić information content (AvgIpc) is 2.74. The van der Waals surface area contributed by atoms with Gasteiger partial charge in [-0.3, -0.25) is 0 Å². The number of hydrogen-bond acceptors (Lipinski definition) is 0. The molecule has 1 saturated carbocycles. The van der Waals surface area contributed by atoms with Crippen molar-refractivity contribution >= 4 is 6.08 Å². The average molecular weight is 371 g/mol. The van der Waals surface area contributed by atoms with Gasteiger partial charge in [0.15, 0.2) is 0 Å². The molecule has 0 aliphatic heterocycles. The Bertz CT molecular complexity index is 788. The summed E-state index contributed by atoms with van der Waals surface area (Å²) in [6.07, 6.45) is 15.0. The first-order valence-corrected chi connectivity index (χ1v) is 11.1. The maximum Gasteiger partial charge on any atom is 0.0249 e. The zero-order chi connectivity index (χ0) is 19.6. The van der Waals surface area contributed by atoms with E-state index in [9.17, 15) is 0 Å². The molecule has 2 aromatic rings. The number of rotatable bonds is 6. The van der Waals surface area contributed by atoms with Gasteiger partial charge in [-0.25, -0.2) is 0 Å². The lowest BCUT2D eigenvalue weighted by Gasteiger charge is -2.26. The molecule has 0 amide bonds. The van der Waals surface area contributed by atoms with Crippen LogP contribution in [0.15, 0.2) is 54.6 Å². The van der Waals surface area contributed by atoms with E-state index in [1.165, 1.54) is 56.1 Å². The minimum Gasteiger partial charge on any atom is -0.0840 e. The van der Waals surface area contributed by atoms with Gasteiger partial charge in [-0.2, -0.15) is 0 Å². The fourth-order valence-electron chi connectivity index (χ4n) is 3.95. The van der Waals surface area contributed by atoms with E-state index in [0.717, 1.165) is 29.4 Å². The molecule has 0 heteroatoms. The van der Waals surface area contributed by atoms with Crippen molar-refractivity contribution in [3.05, 3.63) is 76.9 Å². The number of allylic oxidation sites excluding steroid dienone is 1. The molecule has 1 aliphatic rings. The van der Waals surface area contributed by atoms with Gasteiger partial charge in [-0.15, -0.1) is 0 Å². The molecule has 0 spiro atoms. The number of benzene rings is 2. The molecular weight excluding hydrogens is 336 g/mol. The van der Waals surface area contributed by atoms with Crippen LogP contribution in [0.5, 0.6) is 0 Å². The standard InChI is InChI=1S/C28H34/c1-3-4-5-6-24-11-13-26(14-12-24)17-18-28-21-19-27(20-22-28)16-15-25-9-7-23(2)8-10-25/h5-6,11-14,19-23,25H,3-4,7-10,15-16H2,1-2H3/b6-5+. The predicted molar refractivity (Wildman–Crippen MR) is 122 cm³/mol. The first-order chi connectivity index (χ1) is 13.7. The van der Waals surface area contributed by atoms with Crippen LogP contribution in [0, 0.1) is 23.7 Å². The lowest BCUT2D eigenvalue weighted by molar-refractivity contribution is 0.278. The predicted octanol–water partition coefficient (Wildman–Crippen LogP) is 7.66. The second kappa shape index (κ2) is 10.9. The van der Waals surface area contributed by atoms with Crippen LogP contribution in [0.2, 0.25) is 0 Å². The normalized spacial score (nSPS) is 19.4. The van der Waals surface area contributed by atoms with Gasteiger partial charge < -0.3 is 0 Å². The van der Waals surface area contributed by atoms with E-state index < -0.39 is 0 Å². The van der Waals surface area contributed by atoms with Crippen molar-refractivity contribution in [2.45, 2.75) is 65.2 Å². The van der Waals surface area contributed by atoms with E-state index in [2.05, 4.69) is 86.4 Å². The highest BCUT2D eigenvalue weighted by atomic mass is 14.2. The van der Waals surface area contributed by atoms with Crippen molar-refractivity contribution in [1.29, 1.82) is 0 Å². The Morgan fingerprint density at radius 1 is 0.857 bits per heavy atom. The van der Waals surface area contributed by atoms with Gasteiger partial charge in [0.2, 0.25) is 0 Å². The van der Waals surface area contributed by atoms with Crippen molar-refractivity contribution in [3.8, 4) is 11.8 Å². The van der Waals surface area contributed by atoms with E-state index in [0.29, 0.717) is 0 Å². The Morgan fingerprint density at radius 3 is 2.07 bits per heavy atom. The maximum atomic E-state index is 3.30. The smallest absolute Gasteiger partial charge is 0.0249 e. The molecule has 0 bridgehead atoms. The molecule has 0 heterocycles. The van der Waals surface area contributed by atoms with E-state index in [1.807, 2.05) is 0 Å². The van der Waals surface area contributed by atoms with Crippen molar-refractivity contribution in [3.63, 3.8) is 0 Å². The number of hydrogen-bond donors (Lipinski definition) is 0. The molecule has 146 valence electrons. The van der Waals surface area contributed by atoms with E-state index in [1.54, 1.807) is 0 Å². The van der Waals surface area contributed by atoms with Crippen molar-refractivity contribution in [2.75, 3.05) is 0 Å². The van der Waals surface area contributed by atoms with Crippen LogP contribution >= 0.6 is 0 Å². The zero-order valence-electron chi connectivity index (χ0n) is 17.6. The second-order valence-electron chi connectivity index (χ2n) is 8.42. The van der Waals surface area contributed by atoms with Gasteiger partial charge in [-0.05, 0) is 66.5 Å². The summed E-state index contributed by atoms with van der Waals surface area (Å²) in [6, 6.07) is 17.4. The third-order valence-corrected chi connectivity index (χ3v) is 5.96. The molecular formula is C28H34.